The summed E-state index contributed by atoms with van der Waals surface area (Å²) in [5.41, 5.74) is 0.625. The lowest BCUT2D eigenvalue weighted by Crippen LogP contribution is -2.48. The molecule has 0 aromatic carbocycles. The highest BCUT2D eigenvalue weighted by Gasteiger charge is 2.12. The van der Waals surface area contributed by atoms with E-state index < -0.39 is 0 Å². The van der Waals surface area contributed by atoms with Crippen molar-refractivity contribution in [2.24, 2.45) is 0 Å². The Balaban J connectivity index is 2.09. The highest BCUT2D eigenvalue weighted by atomic mass is 16.5. The molecule has 3 heterocycles. The molecular formula is C12H14N4O2. The molecule has 1 aliphatic heterocycles. The van der Waals surface area contributed by atoms with E-state index in [0.717, 1.165) is 18.5 Å². The average molecular weight is 246 g/mol. The highest BCUT2D eigenvalue weighted by molar-refractivity contribution is 5.76. The first-order valence-corrected chi connectivity index (χ1v) is 5.93. The van der Waals surface area contributed by atoms with Crippen molar-refractivity contribution in [2.45, 2.75) is 6.92 Å². The molecule has 0 N–H and O–H groups in total. The zero-order valence-corrected chi connectivity index (χ0v) is 10.2. The number of fused-ring (bicyclic) bond motifs is 1. The molecular weight excluding hydrogens is 232 g/mol. The molecule has 0 aliphatic carbocycles. The summed E-state index contributed by atoms with van der Waals surface area (Å²) >= 11 is 0. The van der Waals surface area contributed by atoms with Crippen LogP contribution in [0.3, 0.4) is 0 Å². The first-order valence-electron chi connectivity index (χ1n) is 5.93. The molecule has 0 bridgehead atoms. The van der Waals surface area contributed by atoms with Crippen molar-refractivity contribution in [3.8, 4) is 0 Å². The Kier molecular flexibility index (Phi) is 2.71. The number of aryl methyl sites for hydroxylation is 1. The normalized spacial score (nSPS) is 16.2. The van der Waals surface area contributed by atoms with Gasteiger partial charge in [-0.2, -0.15) is 0 Å². The molecule has 0 radical (unpaired) electrons. The zero-order chi connectivity index (χ0) is 12.5. The van der Waals surface area contributed by atoms with Gasteiger partial charge in [0.25, 0.3) is 5.56 Å². The Bertz CT molecular complexity index is 632. The van der Waals surface area contributed by atoms with Crippen LogP contribution in [0.15, 0.2) is 23.3 Å². The summed E-state index contributed by atoms with van der Waals surface area (Å²) in [6, 6.07) is 1.56. The minimum atomic E-state index is -0.0671. The van der Waals surface area contributed by atoms with Gasteiger partial charge in [0.05, 0.1) is 31.8 Å². The predicted molar refractivity (Wildman–Crippen MR) is 67.3 cm³/mol. The fraction of sp³-hybridized carbons (Fsp3) is 0.417. The van der Waals surface area contributed by atoms with Crippen molar-refractivity contribution in [2.75, 3.05) is 31.3 Å². The highest BCUT2D eigenvalue weighted by Crippen LogP contribution is 2.08. The monoisotopic (exact) mass is 246 g/mol. The average Bonchev–Trinajstić information content (AvgIpc) is 2.39. The third-order valence-corrected chi connectivity index (χ3v) is 3.01. The fourth-order valence-corrected chi connectivity index (χ4v) is 2.08. The van der Waals surface area contributed by atoms with Gasteiger partial charge in [-0.3, -0.25) is 4.79 Å². The molecule has 0 atom stereocenters. The van der Waals surface area contributed by atoms with Crippen LogP contribution in [-0.4, -0.2) is 40.9 Å². The lowest BCUT2D eigenvalue weighted by molar-refractivity contribution is 0.111. The van der Waals surface area contributed by atoms with Gasteiger partial charge in [0.2, 0.25) is 0 Å². The topological polar surface area (TPSA) is 60.2 Å². The van der Waals surface area contributed by atoms with Crippen LogP contribution in [-0.2, 0) is 4.74 Å². The van der Waals surface area contributed by atoms with Crippen LogP contribution in [0.2, 0.25) is 0 Å². The van der Waals surface area contributed by atoms with Gasteiger partial charge in [-0.1, -0.05) is 0 Å². The maximum absolute atomic E-state index is 12.1. The van der Waals surface area contributed by atoms with Gasteiger partial charge in [-0.25, -0.2) is 14.6 Å². The van der Waals surface area contributed by atoms with Crippen molar-refractivity contribution < 1.29 is 4.74 Å². The molecule has 3 rings (SSSR count). The molecule has 0 saturated carbocycles. The van der Waals surface area contributed by atoms with Crippen LogP contribution in [0.1, 0.15) is 5.82 Å². The molecule has 6 nitrogen and oxygen atoms in total. The summed E-state index contributed by atoms with van der Waals surface area (Å²) in [7, 11) is 0. The number of hydrogen-bond donors (Lipinski definition) is 0. The molecule has 18 heavy (non-hydrogen) atoms. The lowest BCUT2D eigenvalue weighted by Gasteiger charge is -2.30. The number of hydrogen-bond acceptors (Lipinski definition) is 5. The molecule has 1 saturated heterocycles. The van der Waals surface area contributed by atoms with E-state index in [1.165, 1.54) is 0 Å². The lowest BCUT2D eigenvalue weighted by atomic mass is 10.3. The van der Waals surface area contributed by atoms with Crippen LogP contribution in [0.5, 0.6) is 0 Å². The zero-order valence-electron chi connectivity index (χ0n) is 10.2. The molecule has 6 heteroatoms. The van der Waals surface area contributed by atoms with Crippen molar-refractivity contribution in [1.29, 1.82) is 0 Å². The second-order valence-corrected chi connectivity index (χ2v) is 4.28. The smallest absolute Gasteiger partial charge is 0.271 e. The minimum absolute atomic E-state index is 0.0671. The van der Waals surface area contributed by atoms with Gasteiger partial charge >= 0.3 is 0 Å². The SMILES string of the molecule is Cc1ncc2cn(N3CCOCC3)c(=O)cc2n1. The molecule has 2 aromatic heterocycles. The van der Waals surface area contributed by atoms with Gasteiger partial charge in [-0.15, -0.1) is 0 Å². The molecule has 1 aliphatic rings. The summed E-state index contributed by atoms with van der Waals surface area (Å²) in [5, 5.41) is 2.84. The molecule has 2 aromatic rings. The van der Waals surface area contributed by atoms with Crippen LogP contribution in [0, 0.1) is 6.92 Å². The number of rotatable bonds is 1. The van der Waals surface area contributed by atoms with E-state index in [0.29, 0.717) is 24.6 Å². The minimum Gasteiger partial charge on any atom is -0.378 e. The number of morpholine rings is 1. The number of nitrogens with zero attached hydrogens (tertiary/aromatic N) is 4. The Labute approximate surface area is 104 Å². The summed E-state index contributed by atoms with van der Waals surface area (Å²) in [4.78, 5) is 20.5. The van der Waals surface area contributed by atoms with Crippen LogP contribution < -0.4 is 10.6 Å². The van der Waals surface area contributed by atoms with E-state index in [2.05, 4.69) is 9.97 Å². The maximum Gasteiger partial charge on any atom is 0.271 e. The van der Waals surface area contributed by atoms with Gasteiger partial charge in [0.1, 0.15) is 5.82 Å². The van der Waals surface area contributed by atoms with Crippen molar-refractivity contribution in [1.82, 2.24) is 14.6 Å². The second-order valence-electron chi connectivity index (χ2n) is 4.28. The third kappa shape index (κ3) is 1.95. The van der Waals surface area contributed by atoms with E-state index in [4.69, 9.17) is 4.74 Å². The van der Waals surface area contributed by atoms with E-state index in [9.17, 15) is 4.79 Å². The van der Waals surface area contributed by atoms with Gasteiger partial charge in [0, 0.05) is 23.8 Å². The van der Waals surface area contributed by atoms with Gasteiger partial charge in [0.15, 0.2) is 0 Å². The molecule has 0 amide bonds. The van der Waals surface area contributed by atoms with Crippen molar-refractivity contribution in [3.63, 3.8) is 0 Å². The Morgan fingerprint density at radius 1 is 1.33 bits per heavy atom. The van der Waals surface area contributed by atoms with E-state index in [1.54, 1.807) is 23.1 Å². The Morgan fingerprint density at radius 3 is 2.89 bits per heavy atom. The summed E-state index contributed by atoms with van der Waals surface area (Å²) < 4.78 is 6.91. The summed E-state index contributed by atoms with van der Waals surface area (Å²) in [6.07, 6.45) is 3.54. The van der Waals surface area contributed by atoms with E-state index >= 15 is 0 Å². The molecule has 1 fully saturated rings. The van der Waals surface area contributed by atoms with Crippen LogP contribution in [0.4, 0.5) is 0 Å². The Hall–Kier alpha value is -1.95. The molecule has 0 spiro atoms. The standard InChI is InChI=1S/C12H14N4O2/c1-9-13-7-10-8-16(12(17)6-11(10)14-9)15-2-4-18-5-3-15/h6-8H,2-5H2,1H3. The Morgan fingerprint density at radius 2 is 2.11 bits per heavy atom. The first-order chi connectivity index (χ1) is 8.74. The van der Waals surface area contributed by atoms with Crippen LogP contribution >= 0.6 is 0 Å². The third-order valence-electron chi connectivity index (χ3n) is 3.01. The largest absolute Gasteiger partial charge is 0.378 e. The molecule has 94 valence electrons. The van der Waals surface area contributed by atoms with E-state index in [-0.39, 0.29) is 5.56 Å². The summed E-state index contributed by atoms with van der Waals surface area (Å²) in [6.45, 7) is 4.55. The predicted octanol–water partition coefficient (Wildman–Crippen LogP) is 0.0681. The van der Waals surface area contributed by atoms with E-state index in [1.807, 2.05) is 11.9 Å². The number of pyridine rings is 1. The van der Waals surface area contributed by atoms with Crippen LogP contribution in [0.25, 0.3) is 10.9 Å². The van der Waals surface area contributed by atoms with Gasteiger partial charge < -0.3 is 9.75 Å². The van der Waals surface area contributed by atoms with Crippen molar-refractivity contribution in [3.05, 3.63) is 34.6 Å². The fourth-order valence-electron chi connectivity index (χ4n) is 2.08. The first kappa shape index (κ1) is 11.2. The maximum atomic E-state index is 12.1. The molecule has 0 unspecified atom stereocenters. The quantitative estimate of drug-likeness (QED) is 0.712. The summed E-state index contributed by atoms with van der Waals surface area (Å²) in [5.74, 6) is 0.672. The van der Waals surface area contributed by atoms with Crippen molar-refractivity contribution >= 4 is 10.9 Å². The second kappa shape index (κ2) is 4.38. The number of ether oxygens (including phenoxy) is 1. The van der Waals surface area contributed by atoms with Gasteiger partial charge in [-0.05, 0) is 6.92 Å². The number of aromatic nitrogens is 3.